The van der Waals surface area contributed by atoms with Crippen molar-refractivity contribution in [1.82, 2.24) is 0 Å². The summed E-state index contributed by atoms with van der Waals surface area (Å²) in [7, 11) is 0. The number of ether oxygens (including phenoxy) is 1. The molecule has 0 aromatic heterocycles. The van der Waals surface area contributed by atoms with Crippen LogP contribution in [0.5, 0.6) is 0 Å². The fraction of sp³-hybridized carbons (Fsp3) is 0.188. The van der Waals surface area contributed by atoms with Crippen LogP contribution in [0.4, 0.5) is 10.5 Å². The molecule has 102 valence electrons. The van der Waals surface area contributed by atoms with Gasteiger partial charge in [-0.15, -0.1) is 0 Å². The Kier molecular flexibility index (Phi) is 3.39. The number of anilines is 1. The van der Waals surface area contributed by atoms with Gasteiger partial charge in [-0.3, -0.25) is 4.90 Å². The van der Waals surface area contributed by atoms with Gasteiger partial charge in [-0.2, -0.15) is 0 Å². The third kappa shape index (κ3) is 2.38. The van der Waals surface area contributed by atoms with Gasteiger partial charge in [0.1, 0.15) is 6.10 Å². The van der Waals surface area contributed by atoms with Gasteiger partial charge in [-0.1, -0.05) is 42.5 Å². The van der Waals surface area contributed by atoms with Gasteiger partial charge in [-0.05, 0) is 23.3 Å². The zero-order valence-electron chi connectivity index (χ0n) is 11.0. The summed E-state index contributed by atoms with van der Waals surface area (Å²) in [6.07, 6.45) is -0.516. The summed E-state index contributed by atoms with van der Waals surface area (Å²) < 4.78 is 5.43. The van der Waals surface area contributed by atoms with Crippen LogP contribution in [0.3, 0.4) is 0 Å². The van der Waals surface area contributed by atoms with Crippen molar-refractivity contribution in [3.05, 3.63) is 65.7 Å². The molecule has 2 N–H and O–H groups in total. The maximum atomic E-state index is 12.0. The molecule has 1 amide bonds. The second-order valence-corrected chi connectivity index (χ2v) is 4.76. The Labute approximate surface area is 117 Å². The van der Waals surface area contributed by atoms with E-state index in [9.17, 15) is 4.79 Å². The Morgan fingerprint density at radius 3 is 2.45 bits per heavy atom. The van der Waals surface area contributed by atoms with E-state index < -0.39 is 0 Å². The Morgan fingerprint density at radius 2 is 1.80 bits per heavy atom. The van der Waals surface area contributed by atoms with E-state index in [0.717, 1.165) is 16.8 Å². The largest absolute Gasteiger partial charge is 0.439 e. The molecule has 1 aliphatic rings. The van der Waals surface area contributed by atoms with Gasteiger partial charge in [0.2, 0.25) is 0 Å². The summed E-state index contributed by atoms with van der Waals surface area (Å²) in [5.74, 6) is 0. The van der Waals surface area contributed by atoms with Crippen LogP contribution < -0.4 is 10.6 Å². The number of benzene rings is 2. The molecule has 0 radical (unpaired) electrons. The molecular formula is C16H16N2O2. The second kappa shape index (κ2) is 5.35. The number of carbonyl (C=O) groups excluding carboxylic acids is 1. The lowest BCUT2D eigenvalue weighted by atomic mass is 10.1. The third-order valence-electron chi connectivity index (χ3n) is 3.47. The molecule has 0 bridgehead atoms. The van der Waals surface area contributed by atoms with Crippen LogP contribution in [0.25, 0.3) is 0 Å². The number of rotatable bonds is 3. The second-order valence-electron chi connectivity index (χ2n) is 4.76. The van der Waals surface area contributed by atoms with E-state index in [-0.39, 0.29) is 12.2 Å². The first-order valence-corrected chi connectivity index (χ1v) is 6.60. The van der Waals surface area contributed by atoms with Gasteiger partial charge in [0.25, 0.3) is 0 Å². The summed E-state index contributed by atoms with van der Waals surface area (Å²) in [4.78, 5) is 13.6. The van der Waals surface area contributed by atoms with E-state index in [1.807, 2.05) is 54.6 Å². The van der Waals surface area contributed by atoms with Crippen molar-refractivity contribution in [2.24, 2.45) is 5.73 Å². The molecule has 1 saturated heterocycles. The molecule has 1 heterocycles. The molecule has 1 atom stereocenters. The van der Waals surface area contributed by atoms with Gasteiger partial charge < -0.3 is 10.5 Å². The van der Waals surface area contributed by atoms with E-state index in [4.69, 9.17) is 10.5 Å². The molecule has 0 spiro atoms. The number of nitrogens with zero attached hydrogens (tertiary/aromatic N) is 1. The van der Waals surface area contributed by atoms with E-state index in [1.165, 1.54) is 0 Å². The Morgan fingerprint density at radius 1 is 1.10 bits per heavy atom. The smallest absolute Gasteiger partial charge is 0.415 e. The quantitative estimate of drug-likeness (QED) is 0.931. The number of hydrogen-bond acceptors (Lipinski definition) is 3. The molecule has 4 heteroatoms. The Bertz CT molecular complexity index is 596. The standard InChI is InChI=1S/C16H16N2O2/c17-10-12-6-8-14(9-7-12)18-11-15(20-16(18)19)13-4-2-1-3-5-13/h1-9,15H,10-11,17H2. The third-order valence-corrected chi connectivity index (χ3v) is 3.47. The molecule has 2 aromatic carbocycles. The van der Waals surface area contributed by atoms with Crippen molar-refractivity contribution in [3.8, 4) is 0 Å². The minimum atomic E-state index is -0.306. The molecule has 0 saturated carbocycles. The van der Waals surface area contributed by atoms with Gasteiger partial charge in [0.15, 0.2) is 0 Å². The van der Waals surface area contributed by atoms with Crippen LogP contribution in [0.15, 0.2) is 54.6 Å². The van der Waals surface area contributed by atoms with Crippen LogP contribution in [-0.2, 0) is 11.3 Å². The average Bonchev–Trinajstić information content (AvgIpc) is 2.90. The molecule has 1 fully saturated rings. The van der Waals surface area contributed by atoms with Crippen molar-refractivity contribution in [3.63, 3.8) is 0 Å². The Balaban J connectivity index is 1.80. The predicted octanol–water partition coefficient (Wildman–Crippen LogP) is 2.84. The average molecular weight is 268 g/mol. The van der Waals surface area contributed by atoms with E-state index in [0.29, 0.717) is 13.1 Å². The summed E-state index contributed by atoms with van der Waals surface area (Å²) in [5, 5.41) is 0. The lowest BCUT2D eigenvalue weighted by Gasteiger charge is -2.13. The number of nitrogens with two attached hydrogens (primary N) is 1. The molecule has 4 nitrogen and oxygen atoms in total. The van der Waals surface area contributed by atoms with Crippen molar-refractivity contribution in [2.75, 3.05) is 11.4 Å². The van der Waals surface area contributed by atoms with Gasteiger partial charge in [0, 0.05) is 12.2 Å². The lowest BCUT2D eigenvalue weighted by Crippen LogP contribution is -2.23. The zero-order chi connectivity index (χ0) is 13.9. The van der Waals surface area contributed by atoms with Crippen LogP contribution >= 0.6 is 0 Å². The van der Waals surface area contributed by atoms with Crippen molar-refractivity contribution >= 4 is 11.8 Å². The first-order chi connectivity index (χ1) is 9.78. The van der Waals surface area contributed by atoms with Crippen LogP contribution in [-0.4, -0.2) is 12.6 Å². The highest BCUT2D eigenvalue weighted by Crippen LogP contribution is 2.30. The van der Waals surface area contributed by atoms with Crippen molar-refractivity contribution in [2.45, 2.75) is 12.6 Å². The lowest BCUT2D eigenvalue weighted by molar-refractivity contribution is 0.142. The minimum absolute atomic E-state index is 0.210. The fourth-order valence-electron chi connectivity index (χ4n) is 2.33. The van der Waals surface area contributed by atoms with Crippen molar-refractivity contribution in [1.29, 1.82) is 0 Å². The van der Waals surface area contributed by atoms with Crippen LogP contribution in [0, 0.1) is 0 Å². The molecule has 1 aliphatic heterocycles. The summed E-state index contributed by atoms with van der Waals surface area (Å²) in [6.45, 7) is 1.03. The van der Waals surface area contributed by atoms with Crippen molar-refractivity contribution < 1.29 is 9.53 Å². The molecule has 2 aromatic rings. The number of carbonyl (C=O) groups is 1. The maximum absolute atomic E-state index is 12.0. The number of amides is 1. The summed E-state index contributed by atoms with van der Waals surface area (Å²) in [5.41, 5.74) is 8.47. The monoisotopic (exact) mass is 268 g/mol. The molecule has 3 rings (SSSR count). The number of cyclic esters (lactones) is 1. The highest BCUT2D eigenvalue weighted by Gasteiger charge is 2.33. The predicted molar refractivity (Wildman–Crippen MR) is 77.3 cm³/mol. The number of hydrogen-bond donors (Lipinski definition) is 1. The first-order valence-electron chi connectivity index (χ1n) is 6.60. The topological polar surface area (TPSA) is 55.6 Å². The van der Waals surface area contributed by atoms with Gasteiger partial charge >= 0.3 is 6.09 Å². The highest BCUT2D eigenvalue weighted by molar-refractivity contribution is 5.89. The maximum Gasteiger partial charge on any atom is 0.415 e. The molecule has 20 heavy (non-hydrogen) atoms. The fourth-order valence-corrected chi connectivity index (χ4v) is 2.33. The van der Waals surface area contributed by atoms with Gasteiger partial charge in [0.05, 0.1) is 6.54 Å². The minimum Gasteiger partial charge on any atom is -0.439 e. The van der Waals surface area contributed by atoms with Crippen LogP contribution in [0.2, 0.25) is 0 Å². The molecule has 1 unspecified atom stereocenters. The summed E-state index contributed by atoms with van der Waals surface area (Å²) >= 11 is 0. The SMILES string of the molecule is NCc1ccc(N2CC(c3ccccc3)OC2=O)cc1. The Hall–Kier alpha value is -2.33. The highest BCUT2D eigenvalue weighted by atomic mass is 16.6. The normalized spacial score (nSPS) is 18.1. The summed E-state index contributed by atoms with van der Waals surface area (Å²) in [6, 6.07) is 17.4. The van der Waals surface area contributed by atoms with Gasteiger partial charge in [-0.25, -0.2) is 4.79 Å². The molecular weight excluding hydrogens is 252 g/mol. The molecule has 0 aliphatic carbocycles. The van der Waals surface area contributed by atoms with Crippen LogP contribution in [0.1, 0.15) is 17.2 Å². The van der Waals surface area contributed by atoms with E-state index in [2.05, 4.69) is 0 Å². The first kappa shape index (κ1) is 12.7. The van der Waals surface area contributed by atoms with E-state index >= 15 is 0 Å². The van der Waals surface area contributed by atoms with E-state index in [1.54, 1.807) is 4.90 Å². The zero-order valence-corrected chi connectivity index (χ0v) is 11.0.